The number of imidazole rings is 1. The van der Waals surface area contributed by atoms with Crippen molar-refractivity contribution in [3.8, 4) is 0 Å². The maximum Gasteiger partial charge on any atom is 0.165 e. The molecule has 0 amide bonds. The quantitative estimate of drug-likeness (QED) is 0.754. The lowest BCUT2D eigenvalue weighted by Gasteiger charge is -2.24. The molecular weight excluding hydrogens is 196 g/mol. The number of nitrogens with one attached hydrogen (secondary N) is 1. The van der Waals surface area contributed by atoms with Crippen molar-refractivity contribution in [2.24, 2.45) is 5.92 Å². The number of thioether (sulfide) groups is 1. The van der Waals surface area contributed by atoms with Gasteiger partial charge in [-0.25, -0.2) is 4.98 Å². The lowest BCUT2D eigenvalue weighted by Crippen LogP contribution is -2.19. The molecule has 1 aliphatic rings. The molecular formula is C10H16N2OS. The number of aromatic nitrogens is 2. The molecule has 0 spiro atoms. The maximum atomic E-state index is 9.35. The lowest BCUT2D eigenvalue weighted by molar-refractivity contribution is 0.113. The van der Waals surface area contributed by atoms with Crippen LogP contribution in [0.25, 0.3) is 0 Å². The number of rotatable bonds is 3. The summed E-state index contributed by atoms with van der Waals surface area (Å²) in [6.45, 7) is 0. The highest BCUT2D eigenvalue weighted by Gasteiger charge is 2.19. The highest BCUT2D eigenvalue weighted by Crippen LogP contribution is 2.28. The number of H-pyrrole nitrogens is 1. The molecule has 14 heavy (non-hydrogen) atoms. The van der Waals surface area contributed by atoms with Gasteiger partial charge in [-0.1, -0.05) is 11.8 Å². The van der Waals surface area contributed by atoms with E-state index in [1.807, 2.05) is 6.20 Å². The summed E-state index contributed by atoms with van der Waals surface area (Å²) in [5, 5.41) is 10.4. The number of hydrogen-bond donors (Lipinski definition) is 2. The zero-order chi connectivity index (χ0) is 9.80. The average Bonchev–Trinajstić information content (AvgIpc) is 2.70. The van der Waals surface area contributed by atoms with Crippen molar-refractivity contribution in [3.63, 3.8) is 0 Å². The first-order valence-corrected chi connectivity index (χ1v) is 6.13. The predicted octanol–water partition coefficient (Wildman–Crippen LogP) is 2.05. The van der Waals surface area contributed by atoms with E-state index < -0.39 is 0 Å². The minimum atomic E-state index is -0.0418. The van der Waals surface area contributed by atoms with Gasteiger partial charge in [0.25, 0.3) is 0 Å². The molecule has 1 heterocycles. The minimum absolute atomic E-state index is 0.0418. The largest absolute Gasteiger partial charge is 0.393 e. The Morgan fingerprint density at radius 1 is 1.43 bits per heavy atom. The van der Waals surface area contributed by atoms with Crippen LogP contribution in [0.4, 0.5) is 0 Å². The highest BCUT2D eigenvalue weighted by atomic mass is 32.2. The van der Waals surface area contributed by atoms with E-state index in [9.17, 15) is 5.11 Å². The Labute approximate surface area is 88.3 Å². The van der Waals surface area contributed by atoms with Crippen molar-refractivity contribution >= 4 is 11.8 Å². The van der Waals surface area contributed by atoms with Crippen LogP contribution in [0.5, 0.6) is 0 Å². The fraction of sp³-hybridized carbons (Fsp3) is 0.700. The zero-order valence-corrected chi connectivity index (χ0v) is 8.96. The van der Waals surface area contributed by atoms with E-state index in [2.05, 4.69) is 9.97 Å². The van der Waals surface area contributed by atoms with Crippen molar-refractivity contribution in [2.75, 3.05) is 5.75 Å². The third-order valence-corrected chi connectivity index (χ3v) is 3.88. The van der Waals surface area contributed by atoms with Crippen LogP contribution < -0.4 is 0 Å². The van der Waals surface area contributed by atoms with E-state index in [1.165, 1.54) is 0 Å². The molecule has 1 aromatic heterocycles. The van der Waals surface area contributed by atoms with Crippen molar-refractivity contribution < 1.29 is 5.11 Å². The van der Waals surface area contributed by atoms with E-state index >= 15 is 0 Å². The van der Waals surface area contributed by atoms with Crippen LogP contribution in [-0.4, -0.2) is 26.9 Å². The second-order valence-electron chi connectivity index (χ2n) is 3.88. The van der Waals surface area contributed by atoms with Crippen LogP contribution in [0.2, 0.25) is 0 Å². The van der Waals surface area contributed by atoms with Crippen LogP contribution >= 0.6 is 11.8 Å². The van der Waals surface area contributed by atoms with Crippen LogP contribution in [-0.2, 0) is 0 Å². The molecule has 1 fully saturated rings. The normalized spacial score (nSPS) is 27.8. The summed E-state index contributed by atoms with van der Waals surface area (Å²) in [5.41, 5.74) is 0. The van der Waals surface area contributed by atoms with Gasteiger partial charge in [-0.2, -0.15) is 0 Å². The molecule has 3 nitrogen and oxygen atoms in total. The number of aliphatic hydroxyl groups excluding tert-OH is 1. The van der Waals surface area contributed by atoms with Crippen LogP contribution in [0.15, 0.2) is 17.6 Å². The Hall–Kier alpha value is -0.480. The van der Waals surface area contributed by atoms with Crippen molar-refractivity contribution in [3.05, 3.63) is 12.4 Å². The number of aromatic amines is 1. The second kappa shape index (κ2) is 4.84. The van der Waals surface area contributed by atoms with Gasteiger partial charge in [0.15, 0.2) is 5.16 Å². The van der Waals surface area contributed by atoms with Crippen LogP contribution in [0.1, 0.15) is 25.7 Å². The van der Waals surface area contributed by atoms with Crippen molar-refractivity contribution in [2.45, 2.75) is 36.9 Å². The van der Waals surface area contributed by atoms with Gasteiger partial charge in [0, 0.05) is 18.1 Å². The van der Waals surface area contributed by atoms with Gasteiger partial charge in [0.05, 0.1) is 6.10 Å². The van der Waals surface area contributed by atoms with E-state index in [0.29, 0.717) is 0 Å². The summed E-state index contributed by atoms with van der Waals surface area (Å²) in [7, 11) is 0. The molecule has 4 heteroatoms. The Kier molecular flexibility index (Phi) is 3.48. The van der Waals surface area contributed by atoms with Crippen molar-refractivity contribution in [1.29, 1.82) is 0 Å². The minimum Gasteiger partial charge on any atom is -0.393 e. The van der Waals surface area contributed by atoms with Gasteiger partial charge in [-0.15, -0.1) is 0 Å². The number of nitrogens with zero attached hydrogens (tertiary/aromatic N) is 1. The molecule has 0 aliphatic heterocycles. The average molecular weight is 212 g/mol. The zero-order valence-electron chi connectivity index (χ0n) is 8.15. The van der Waals surface area contributed by atoms with Crippen LogP contribution in [0.3, 0.4) is 0 Å². The summed E-state index contributed by atoms with van der Waals surface area (Å²) >= 11 is 1.79. The Morgan fingerprint density at radius 3 is 2.86 bits per heavy atom. The van der Waals surface area contributed by atoms with Gasteiger partial charge >= 0.3 is 0 Å². The Bertz CT molecular complexity index is 255. The van der Waals surface area contributed by atoms with E-state index in [4.69, 9.17) is 0 Å². The third-order valence-electron chi connectivity index (χ3n) is 2.75. The first-order chi connectivity index (χ1) is 6.84. The first-order valence-electron chi connectivity index (χ1n) is 5.15. The van der Waals surface area contributed by atoms with E-state index in [0.717, 1.165) is 42.5 Å². The summed E-state index contributed by atoms with van der Waals surface area (Å²) in [5.74, 6) is 1.88. The Morgan fingerprint density at radius 2 is 2.21 bits per heavy atom. The maximum absolute atomic E-state index is 9.35. The summed E-state index contributed by atoms with van der Waals surface area (Å²) in [4.78, 5) is 7.26. The molecule has 2 N–H and O–H groups in total. The summed E-state index contributed by atoms with van der Waals surface area (Å²) in [6.07, 6.45) is 7.87. The standard InChI is InChI=1S/C10H16N2OS/c13-9-3-1-8(2-4-9)7-14-10-11-5-6-12-10/h5-6,8-9,13H,1-4,7H2,(H,11,12). The Balaban J connectivity index is 1.71. The molecule has 2 rings (SSSR count). The number of hydrogen-bond acceptors (Lipinski definition) is 3. The highest BCUT2D eigenvalue weighted by molar-refractivity contribution is 7.99. The van der Waals surface area contributed by atoms with Gasteiger partial charge in [0.1, 0.15) is 0 Å². The number of aliphatic hydroxyl groups is 1. The molecule has 0 radical (unpaired) electrons. The molecule has 0 bridgehead atoms. The molecule has 0 unspecified atom stereocenters. The molecule has 1 aromatic rings. The molecule has 0 atom stereocenters. The van der Waals surface area contributed by atoms with Crippen LogP contribution in [0, 0.1) is 5.92 Å². The molecule has 1 saturated carbocycles. The third kappa shape index (κ3) is 2.75. The van der Waals surface area contributed by atoms with E-state index in [1.54, 1.807) is 18.0 Å². The summed E-state index contributed by atoms with van der Waals surface area (Å²) < 4.78 is 0. The van der Waals surface area contributed by atoms with Gasteiger partial charge < -0.3 is 10.1 Å². The smallest absolute Gasteiger partial charge is 0.165 e. The predicted molar refractivity (Wildman–Crippen MR) is 57.3 cm³/mol. The molecule has 0 saturated heterocycles. The first kappa shape index (κ1) is 10.1. The summed E-state index contributed by atoms with van der Waals surface area (Å²) in [6, 6.07) is 0. The molecule has 78 valence electrons. The molecule has 1 aliphatic carbocycles. The SMILES string of the molecule is OC1CCC(CSc2ncc[nH]2)CC1. The van der Waals surface area contributed by atoms with Gasteiger partial charge in [-0.3, -0.25) is 0 Å². The monoisotopic (exact) mass is 212 g/mol. The fourth-order valence-corrected chi connectivity index (χ4v) is 2.85. The topological polar surface area (TPSA) is 48.9 Å². The molecule has 0 aromatic carbocycles. The fourth-order valence-electron chi connectivity index (χ4n) is 1.84. The van der Waals surface area contributed by atoms with Gasteiger partial charge in [0.2, 0.25) is 0 Å². The lowest BCUT2D eigenvalue weighted by atomic mass is 9.89. The van der Waals surface area contributed by atoms with Crippen molar-refractivity contribution in [1.82, 2.24) is 9.97 Å². The second-order valence-corrected chi connectivity index (χ2v) is 4.89. The van der Waals surface area contributed by atoms with E-state index in [-0.39, 0.29) is 6.10 Å². The van der Waals surface area contributed by atoms with Gasteiger partial charge in [-0.05, 0) is 31.6 Å².